The van der Waals surface area contributed by atoms with E-state index < -0.39 is 5.97 Å². The van der Waals surface area contributed by atoms with Gasteiger partial charge in [-0.1, -0.05) is 5.16 Å². The number of hydrogen-bond donors (Lipinski definition) is 1. The number of aromatic carboxylic acids is 1. The highest BCUT2D eigenvalue weighted by Crippen LogP contribution is 2.18. The molecule has 6 heteroatoms. The average Bonchev–Trinajstić information content (AvgIpc) is 2.80. The molecule has 0 aliphatic rings. The van der Waals surface area contributed by atoms with Crippen LogP contribution >= 0.6 is 0 Å². The van der Waals surface area contributed by atoms with E-state index in [1.165, 1.54) is 12.5 Å². The normalized spacial score (nSPS) is 10.2. The number of carboxylic acid groups (broad SMARTS) is 1. The zero-order valence-corrected chi connectivity index (χ0v) is 9.08. The number of rotatable bonds is 4. The summed E-state index contributed by atoms with van der Waals surface area (Å²) in [6.07, 6.45) is 2.93. The smallest absolute Gasteiger partial charge is 0.358 e. The summed E-state index contributed by atoms with van der Waals surface area (Å²) in [4.78, 5) is 14.9. The molecule has 2 aromatic rings. The highest BCUT2D eigenvalue weighted by atomic mass is 16.5. The first-order valence-corrected chi connectivity index (χ1v) is 4.89. The van der Waals surface area contributed by atoms with E-state index in [1.807, 2.05) is 0 Å². The maximum absolute atomic E-state index is 11.0. The van der Waals surface area contributed by atoms with E-state index in [0.717, 1.165) is 5.56 Å². The molecule has 0 saturated carbocycles. The highest BCUT2D eigenvalue weighted by molar-refractivity contribution is 5.88. The predicted octanol–water partition coefficient (Wildman–Crippen LogP) is 1.66. The van der Waals surface area contributed by atoms with Crippen LogP contribution in [0.4, 0.5) is 0 Å². The molecular weight excluding hydrogens is 224 g/mol. The second-order valence-electron chi connectivity index (χ2n) is 3.43. The lowest BCUT2D eigenvalue weighted by Crippen LogP contribution is -2.06. The van der Waals surface area contributed by atoms with Gasteiger partial charge in [-0.05, 0) is 19.1 Å². The number of carbonyl (C=O) groups is 1. The summed E-state index contributed by atoms with van der Waals surface area (Å²) in [5, 5.41) is 12.5. The van der Waals surface area contributed by atoms with Crippen molar-refractivity contribution in [3.63, 3.8) is 0 Å². The van der Waals surface area contributed by atoms with Crippen LogP contribution in [0.2, 0.25) is 0 Å². The van der Waals surface area contributed by atoms with Gasteiger partial charge in [0.05, 0.1) is 6.20 Å². The molecule has 2 heterocycles. The lowest BCUT2D eigenvalue weighted by Gasteiger charge is -2.07. The van der Waals surface area contributed by atoms with E-state index >= 15 is 0 Å². The fourth-order valence-electron chi connectivity index (χ4n) is 1.27. The van der Waals surface area contributed by atoms with Crippen molar-refractivity contribution in [1.29, 1.82) is 0 Å². The van der Waals surface area contributed by atoms with Crippen LogP contribution in [0.5, 0.6) is 5.75 Å². The van der Waals surface area contributed by atoms with Crippen molar-refractivity contribution < 1.29 is 19.2 Å². The minimum Gasteiger partial charge on any atom is -0.486 e. The zero-order chi connectivity index (χ0) is 12.3. The summed E-state index contributed by atoms with van der Waals surface area (Å²) in [5.74, 6) is -0.890. The molecule has 6 nitrogen and oxygen atoms in total. The number of ether oxygens (including phenoxy) is 1. The highest BCUT2D eigenvalue weighted by Gasteiger charge is 2.13. The molecule has 17 heavy (non-hydrogen) atoms. The van der Waals surface area contributed by atoms with Crippen molar-refractivity contribution >= 4 is 5.97 Å². The molecule has 0 amide bonds. The Labute approximate surface area is 96.8 Å². The van der Waals surface area contributed by atoms with Crippen LogP contribution in [0, 0.1) is 6.92 Å². The van der Waals surface area contributed by atoms with Crippen LogP contribution in [0.25, 0.3) is 0 Å². The van der Waals surface area contributed by atoms with Crippen LogP contribution < -0.4 is 4.74 Å². The molecule has 88 valence electrons. The maximum atomic E-state index is 11.0. The number of hydrogen-bond acceptors (Lipinski definition) is 5. The van der Waals surface area contributed by atoms with Crippen LogP contribution in [0.15, 0.2) is 29.1 Å². The van der Waals surface area contributed by atoms with Crippen molar-refractivity contribution in [1.82, 2.24) is 10.1 Å². The number of aryl methyl sites for hydroxylation is 1. The number of carboxylic acids is 1. The van der Waals surface area contributed by atoms with Gasteiger partial charge in [-0.3, -0.25) is 0 Å². The Morgan fingerprint density at radius 2 is 2.35 bits per heavy atom. The van der Waals surface area contributed by atoms with Gasteiger partial charge >= 0.3 is 5.97 Å². The molecule has 0 aliphatic heterocycles. The summed E-state index contributed by atoms with van der Waals surface area (Å²) in [6.45, 7) is 1.91. The lowest BCUT2D eigenvalue weighted by atomic mass is 10.3. The second kappa shape index (κ2) is 4.65. The zero-order valence-electron chi connectivity index (χ0n) is 9.08. The number of pyridine rings is 1. The standard InChI is InChI=1S/C11H10N2O4/c1-7-2-3-9(10(13-7)11(14)15)16-5-8-4-12-17-6-8/h2-4,6H,5H2,1H3,(H,14,15). The van der Waals surface area contributed by atoms with Crippen molar-refractivity contribution in [3.8, 4) is 5.75 Å². The average molecular weight is 234 g/mol. The van der Waals surface area contributed by atoms with E-state index in [1.54, 1.807) is 19.1 Å². The van der Waals surface area contributed by atoms with Crippen molar-refractivity contribution in [2.75, 3.05) is 0 Å². The predicted molar refractivity (Wildman–Crippen MR) is 56.8 cm³/mol. The Bertz CT molecular complexity index is 522. The van der Waals surface area contributed by atoms with E-state index in [4.69, 9.17) is 9.84 Å². The first-order valence-electron chi connectivity index (χ1n) is 4.89. The van der Waals surface area contributed by atoms with E-state index in [0.29, 0.717) is 5.69 Å². The topological polar surface area (TPSA) is 85.5 Å². The van der Waals surface area contributed by atoms with Gasteiger partial charge in [0.25, 0.3) is 0 Å². The summed E-state index contributed by atoms with van der Waals surface area (Å²) >= 11 is 0. The molecule has 2 rings (SSSR count). The Morgan fingerprint density at radius 1 is 1.53 bits per heavy atom. The van der Waals surface area contributed by atoms with Crippen molar-refractivity contribution in [2.24, 2.45) is 0 Å². The third kappa shape index (κ3) is 2.60. The Hall–Kier alpha value is -2.37. The van der Waals surface area contributed by atoms with Crippen LogP contribution in [0.3, 0.4) is 0 Å². The molecule has 0 atom stereocenters. The number of aromatic nitrogens is 2. The van der Waals surface area contributed by atoms with E-state index in [2.05, 4.69) is 14.7 Å². The number of nitrogens with zero attached hydrogens (tertiary/aromatic N) is 2. The molecule has 0 fully saturated rings. The van der Waals surface area contributed by atoms with Crippen LogP contribution in [-0.2, 0) is 6.61 Å². The molecular formula is C11H10N2O4. The summed E-state index contributed by atoms with van der Waals surface area (Å²) in [5.41, 5.74) is 1.25. The largest absolute Gasteiger partial charge is 0.486 e. The first kappa shape index (κ1) is 11.1. The Kier molecular flexibility index (Phi) is 3.04. The Morgan fingerprint density at radius 3 is 3.00 bits per heavy atom. The van der Waals surface area contributed by atoms with Crippen LogP contribution in [-0.4, -0.2) is 21.2 Å². The maximum Gasteiger partial charge on any atom is 0.358 e. The van der Waals surface area contributed by atoms with Gasteiger partial charge < -0.3 is 14.4 Å². The fraction of sp³-hybridized carbons (Fsp3) is 0.182. The fourth-order valence-corrected chi connectivity index (χ4v) is 1.27. The molecule has 2 aromatic heterocycles. The minimum absolute atomic E-state index is 0.0959. The molecule has 0 saturated heterocycles. The molecule has 0 aliphatic carbocycles. The van der Waals surface area contributed by atoms with Gasteiger partial charge in [-0.2, -0.15) is 0 Å². The van der Waals surface area contributed by atoms with E-state index in [9.17, 15) is 4.79 Å². The minimum atomic E-state index is -1.12. The lowest BCUT2D eigenvalue weighted by molar-refractivity contribution is 0.0684. The monoisotopic (exact) mass is 234 g/mol. The molecule has 1 N–H and O–H groups in total. The van der Waals surface area contributed by atoms with Crippen molar-refractivity contribution in [3.05, 3.63) is 41.5 Å². The second-order valence-corrected chi connectivity index (χ2v) is 3.43. The molecule has 0 aromatic carbocycles. The molecule has 0 bridgehead atoms. The quantitative estimate of drug-likeness (QED) is 0.865. The summed E-state index contributed by atoms with van der Waals surface area (Å²) in [7, 11) is 0. The van der Waals surface area contributed by atoms with Gasteiger partial charge in [0.1, 0.15) is 12.9 Å². The summed E-state index contributed by atoms with van der Waals surface area (Å²) in [6, 6.07) is 3.27. The molecule has 0 unspecified atom stereocenters. The Balaban J connectivity index is 2.17. The molecule has 0 spiro atoms. The first-order chi connectivity index (χ1) is 8.16. The van der Waals surface area contributed by atoms with Gasteiger partial charge in [0, 0.05) is 11.3 Å². The van der Waals surface area contributed by atoms with Crippen LogP contribution in [0.1, 0.15) is 21.7 Å². The van der Waals surface area contributed by atoms with Gasteiger partial charge in [0.15, 0.2) is 11.4 Å². The third-order valence-corrected chi connectivity index (χ3v) is 2.08. The molecule has 0 radical (unpaired) electrons. The third-order valence-electron chi connectivity index (χ3n) is 2.08. The van der Waals surface area contributed by atoms with Gasteiger partial charge in [-0.25, -0.2) is 9.78 Å². The van der Waals surface area contributed by atoms with Gasteiger partial charge in [0.2, 0.25) is 0 Å². The summed E-state index contributed by atoms with van der Waals surface area (Å²) < 4.78 is 9.99. The van der Waals surface area contributed by atoms with Crippen molar-refractivity contribution in [2.45, 2.75) is 13.5 Å². The SMILES string of the molecule is Cc1ccc(OCc2cnoc2)c(C(=O)O)n1. The van der Waals surface area contributed by atoms with Gasteiger partial charge in [-0.15, -0.1) is 0 Å². The van der Waals surface area contributed by atoms with E-state index in [-0.39, 0.29) is 18.1 Å².